The molecule has 0 saturated heterocycles. The van der Waals surface area contributed by atoms with Gasteiger partial charge in [-0.25, -0.2) is 13.2 Å². The zero-order chi connectivity index (χ0) is 21.4. The van der Waals surface area contributed by atoms with E-state index in [0.29, 0.717) is 17.0 Å². The van der Waals surface area contributed by atoms with Crippen molar-refractivity contribution in [1.82, 2.24) is 4.57 Å². The first-order valence-corrected chi connectivity index (χ1v) is 9.02. The van der Waals surface area contributed by atoms with Gasteiger partial charge in [-0.1, -0.05) is 24.3 Å². The van der Waals surface area contributed by atoms with E-state index in [0.717, 1.165) is 16.7 Å². The van der Waals surface area contributed by atoms with Gasteiger partial charge in [0.2, 0.25) is 0 Å². The highest BCUT2D eigenvalue weighted by Gasteiger charge is 2.18. The van der Waals surface area contributed by atoms with E-state index in [1.54, 1.807) is 31.2 Å². The monoisotopic (exact) mass is 408 g/mol. The molecule has 3 aromatic carbocycles. The third kappa shape index (κ3) is 3.45. The molecule has 0 fully saturated rings. The minimum atomic E-state index is -0.945. The fraction of sp³-hybridized carbons (Fsp3) is 0.0435. The molecule has 1 N–H and O–H groups in total. The Morgan fingerprint density at radius 3 is 2.33 bits per heavy atom. The van der Waals surface area contributed by atoms with Gasteiger partial charge in [0.25, 0.3) is 11.5 Å². The predicted octanol–water partition coefficient (Wildman–Crippen LogP) is 4.97. The zero-order valence-corrected chi connectivity index (χ0v) is 15.7. The summed E-state index contributed by atoms with van der Waals surface area (Å²) < 4.78 is 42.4. The van der Waals surface area contributed by atoms with Gasteiger partial charge in [0, 0.05) is 28.7 Å². The Morgan fingerprint density at radius 1 is 0.900 bits per heavy atom. The molecule has 4 nitrogen and oxygen atoms in total. The molecule has 0 spiro atoms. The number of carbonyl (C=O) groups excluding carboxylic acids is 1. The summed E-state index contributed by atoms with van der Waals surface area (Å²) >= 11 is 0. The Balaban J connectivity index is 1.88. The number of anilines is 1. The molecule has 1 heterocycles. The lowest BCUT2D eigenvalue weighted by Gasteiger charge is -2.13. The van der Waals surface area contributed by atoms with Gasteiger partial charge in [-0.3, -0.25) is 14.2 Å². The zero-order valence-electron chi connectivity index (χ0n) is 15.7. The first kappa shape index (κ1) is 19.4. The molecule has 4 rings (SSSR count). The lowest BCUT2D eigenvalue weighted by Crippen LogP contribution is -2.23. The van der Waals surface area contributed by atoms with E-state index in [-0.39, 0.29) is 22.3 Å². The molecule has 0 radical (unpaired) electrons. The van der Waals surface area contributed by atoms with E-state index < -0.39 is 28.9 Å². The molecule has 0 aliphatic heterocycles. The average Bonchev–Trinajstić information content (AvgIpc) is 2.72. The Kier molecular flexibility index (Phi) is 4.87. The van der Waals surface area contributed by atoms with E-state index in [1.165, 1.54) is 24.4 Å². The highest BCUT2D eigenvalue weighted by molar-refractivity contribution is 6.12. The molecule has 4 aromatic rings. The van der Waals surface area contributed by atoms with Crippen LogP contribution in [0.3, 0.4) is 0 Å². The molecule has 1 amide bonds. The summed E-state index contributed by atoms with van der Waals surface area (Å²) in [6.07, 6.45) is 1.20. The van der Waals surface area contributed by atoms with Crippen LogP contribution in [0.25, 0.3) is 16.5 Å². The Morgan fingerprint density at radius 2 is 1.63 bits per heavy atom. The fourth-order valence-corrected chi connectivity index (χ4v) is 3.20. The molecule has 7 heteroatoms. The largest absolute Gasteiger partial charge is 0.322 e. The van der Waals surface area contributed by atoms with Gasteiger partial charge in [0.05, 0.1) is 11.3 Å². The maximum absolute atomic E-state index is 14.3. The summed E-state index contributed by atoms with van der Waals surface area (Å²) in [4.78, 5) is 25.9. The van der Waals surface area contributed by atoms with Gasteiger partial charge in [-0.05, 0) is 42.8 Å². The number of halogens is 3. The van der Waals surface area contributed by atoms with E-state index in [4.69, 9.17) is 0 Å². The maximum Gasteiger partial charge on any atom is 0.263 e. The molecule has 0 aliphatic carbocycles. The number of rotatable bonds is 3. The van der Waals surface area contributed by atoms with Crippen molar-refractivity contribution in [3.05, 3.63) is 106 Å². The summed E-state index contributed by atoms with van der Waals surface area (Å²) in [7, 11) is 0. The molecule has 0 atom stereocenters. The number of aryl methyl sites for hydroxylation is 1. The van der Waals surface area contributed by atoms with Crippen LogP contribution in [-0.4, -0.2) is 10.5 Å². The number of aromatic nitrogens is 1. The predicted molar refractivity (Wildman–Crippen MR) is 109 cm³/mol. The van der Waals surface area contributed by atoms with E-state index >= 15 is 0 Å². The average molecular weight is 408 g/mol. The fourth-order valence-electron chi connectivity index (χ4n) is 3.20. The molecule has 0 aliphatic rings. The highest BCUT2D eigenvalue weighted by Crippen LogP contribution is 2.21. The van der Waals surface area contributed by atoms with Gasteiger partial charge >= 0.3 is 0 Å². The minimum Gasteiger partial charge on any atom is -0.322 e. The standard InChI is InChI=1S/C23H15F3N2O2/c1-13-6-8-15(11-19(13)25)27-22(29)18-12-28(21-9-7-14(24)10-20(21)26)23(30)17-5-3-2-4-16(17)18/h2-12H,1H3,(H,27,29). The van der Waals surface area contributed by atoms with Crippen LogP contribution in [-0.2, 0) is 0 Å². The molecule has 0 bridgehead atoms. The summed E-state index contributed by atoms with van der Waals surface area (Å²) in [5.41, 5.74) is -0.0109. The van der Waals surface area contributed by atoms with Crippen LogP contribution in [0.4, 0.5) is 18.9 Å². The second-order valence-corrected chi connectivity index (χ2v) is 6.78. The van der Waals surface area contributed by atoms with Crippen molar-refractivity contribution in [2.24, 2.45) is 0 Å². The van der Waals surface area contributed by atoms with E-state index in [1.807, 2.05) is 0 Å². The number of pyridine rings is 1. The number of benzene rings is 3. The van der Waals surface area contributed by atoms with Crippen LogP contribution >= 0.6 is 0 Å². The van der Waals surface area contributed by atoms with Crippen molar-refractivity contribution in [2.75, 3.05) is 5.32 Å². The lowest BCUT2D eigenvalue weighted by molar-refractivity contribution is 0.102. The first-order valence-electron chi connectivity index (χ1n) is 9.02. The topological polar surface area (TPSA) is 51.1 Å². The smallest absolute Gasteiger partial charge is 0.263 e. The molecule has 1 aromatic heterocycles. The Labute approximate surface area is 169 Å². The molecule has 150 valence electrons. The molecular weight excluding hydrogens is 393 g/mol. The van der Waals surface area contributed by atoms with E-state index in [9.17, 15) is 22.8 Å². The van der Waals surface area contributed by atoms with Gasteiger partial charge < -0.3 is 5.32 Å². The van der Waals surface area contributed by atoms with Crippen LogP contribution in [0, 0.1) is 24.4 Å². The number of nitrogens with zero attached hydrogens (tertiary/aromatic N) is 1. The van der Waals surface area contributed by atoms with Crippen LogP contribution < -0.4 is 10.9 Å². The van der Waals surface area contributed by atoms with Crippen LogP contribution in [0.5, 0.6) is 0 Å². The quantitative estimate of drug-likeness (QED) is 0.521. The van der Waals surface area contributed by atoms with Gasteiger partial charge in [0.1, 0.15) is 17.5 Å². The second-order valence-electron chi connectivity index (χ2n) is 6.78. The third-order valence-corrected chi connectivity index (χ3v) is 4.77. The number of fused-ring (bicyclic) bond motifs is 1. The SMILES string of the molecule is Cc1ccc(NC(=O)c2cn(-c3ccc(F)cc3F)c(=O)c3ccccc23)cc1F. The third-order valence-electron chi connectivity index (χ3n) is 4.77. The van der Waals surface area contributed by atoms with Crippen LogP contribution in [0.1, 0.15) is 15.9 Å². The molecule has 0 saturated carbocycles. The highest BCUT2D eigenvalue weighted by atomic mass is 19.1. The van der Waals surface area contributed by atoms with Gasteiger partial charge in [-0.15, -0.1) is 0 Å². The summed E-state index contributed by atoms with van der Waals surface area (Å²) in [5, 5.41) is 3.13. The maximum atomic E-state index is 14.3. The molecular formula is C23H15F3N2O2. The summed E-state index contributed by atoms with van der Waals surface area (Å²) in [6.45, 7) is 1.60. The number of hydrogen-bond acceptors (Lipinski definition) is 2. The van der Waals surface area contributed by atoms with Crippen molar-refractivity contribution >= 4 is 22.4 Å². The number of nitrogens with one attached hydrogen (secondary N) is 1. The number of amides is 1. The summed E-state index contributed by atoms with van der Waals surface area (Å²) in [6, 6.07) is 13.4. The van der Waals surface area contributed by atoms with Crippen LogP contribution in [0.15, 0.2) is 71.7 Å². The van der Waals surface area contributed by atoms with Crippen molar-refractivity contribution < 1.29 is 18.0 Å². The van der Waals surface area contributed by atoms with Crippen molar-refractivity contribution in [3.8, 4) is 5.69 Å². The molecule has 30 heavy (non-hydrogen) atoms. The Hall–Kier alpha value is -3.87. The van der Waals surface area contributed by atoms with E-state index in [2.05, 4.69) is 5.32 Å². The molecule has 0 unspecified atom stereocenters. The number of carbonyl (C=O) groups is 1. The normalized spacial score (nSPS) is 10.9. The lowest BCUT2D eigenvalue weighted by atomic mass is 10.1. The second kappa shape index (κ2) is 7.51. The summed E-state index contributed by atoms with van der Waals surface area (Å²) in [5.74, 6) is -2.81. The number of hydrogen-bond donors (Lipinski definition) is 1. The Bertz CT molecular complexity index is 1360. The minimum absolute atomic E-state index is 0.0786. The van der Waals surface area contributed by atoms with Crippen molar-refractivity contribution in [1.29, 1.82) is 0 Å². The van der Waals surface area contributed by atoms with Crippen molar-refractivity contribution in [3.63, 3.8) is 0 Å². The van der Waals surface area contributed by atoms with Crippen molar-refractivity contribution in [2.45, 2.75) is 6.92 Å². The van der Waals surface area contributed by atoms with Crippen LogP contribution in [0.2, 0.25) is 0 Å². The van der Waals surface area contributed by atoms with Gasteiger partial charge in [-0.2, -0.15) is 0 Å². The first-order chi connectivity index (χ1) is 14.3. The van der Waals surface area contributed by atoms with Gasteiger partial charge in [0.15, 0.2) is 0 Å².